The molecule has 33 heavy (non-hydrogen) atoms. The number of aromatic amines is 1. The third-order valence-electron chi connectivity index (χ3n) is 5.22. The number of carbonyl (C=O) groups is 1. The molecule has 1 aromatic heterocycles. The first-order valence-electron chi connectivity index (χ1n) is 10.3. The molecule has 0 amide bonds. The molecule has 0 spiro atoms. The molecule has 1 aliphatic rings. The van der Waals surface area contributed by atoms with Gasteiger partial charge in [0.15, 0.2) is 16.6 Å². The monoisotopic (exact) mass is 469 g/mol. The van der Waals surface area contributed by atoms with E-state index in [1.807, 2.05) is 6.07 Å². The zero-order chi connectivity index (χ0) is 23.4. The number of fused-ring (bicyclic) bond motifs is 2. The van der Waals surface area contributed by atoms with Crippen molar-refractivity contribution in [3.05, 3.63) is 63.9 Å². The number of nitrogens with zero attached hydrogens (tertiary/aromatic N) is 1. The van der Waals surface area contributed by atoms with Gasteiger partial charge < -0.3 is 34.5 Å². The molecule has 0 saturated carbocycles. The number of aliphatic hydroxyl groups is 1. The number of pyridine rings is 1. The molecule has 172 valence electrons. The number of H-pyrrole nitrogens is 1. The van der Waals surface area contributed by atoms with Crippen molar-refractivity contribution in [2.45, 2.75) is 13.0 Å². The maximum Gasteiger partial charge on any atom is 0.339 e. The number of aromatic nitrogens is 1. The standard InChI is InChI=1S/C23H23N3O6S/c1-30-22(29)16-5-2-3-6-17(16)25-23(33)26(7-4-8-27)12-15-9-14-10-19-20(32-13-31-19)11-18(14)24-21(15)28/h2-3,5-6,9-11,27H,4,7-8,12-13H2,1H3,(H,24,28)(H,25,33). The number of rotatable bonds is 7. The van der Waals surface area contributed by atoms with Gasteiger partial charge in [-0.05, 0) is 42.9 Å². The Labute approximate surface area is 194 Å². The van der Waals surface area contributed by atoms with Crippen LogP contribution in [0, 0.1) is 0 Å². The van der Waals surface area contributed by atoms with Crippen molar-refractivity contribution in [1.82, 2.24) is 9.88 Å². The lowest BCUT2D eigenvalue weighted by Crippen LogP contribution is -2.37. The van der Waals surface area contributed by atoms with Crippen LogP contribution in [0.5, 0.6) is 11.5 Å². The third kappa shape index (κ3) is 4.91. The molecule has 0 saturated heterocycles. The van der Waals surface area contributed by atoms with Crippen LogP contribution >= 0.6 is 12.2 Å². The van der Waals surface area contributed by atoms with E-state index in [1.54, 1.807) is 41.3 Å². The molecule has 1 aliphatic heterocycles. The van der Waals surface area contributed by atoms with Gasteiger partial charge in [-0.2, -0.15) is 0 Å². The van der Waals surface area contributed by atoms with Gasteiger partial charge in [-0.1, -0.05) is 12.1 Å². The van der Waals surface area contributed by atoms with E-state index in [1.165, 1.54) is 7.11 Å². The number of hydrogen-bond donors (Lipinski definition) is 3. The molecule has 0 fully saturated rings. The predicted octanol–water partition coefficient (Wildman–Crippen LogP) is 2.62. The smallest absolute Gasteiger partial charge is 0.339 e. The fourth-order valence-corrected chi connectivity index (χ4v) is 3.82. The number of nitrogens with one attached hydrogen (secondary N) is 2. The van der Waals surface area contributed by atoms with E-state index in [9.17, 15) is 14.7 Å². The molecular weight excluding hydrogens is 446 g/mol. The molecule has 0 atom stereocenters. The average Bonchev–Trinajstić information content (AvgIpc) is 3.27. The normalized spacial score (nSPS) is 11.9. The van der Waals surface area contributed by atoms with Gasteiger partial charge >= 0.3 is 5.97 Å². The minimum atomic E-state index is -0.493. The molecule has 2 aromatic carbocycles. The van der Waals surface area contributed by atoms with E-state index in [0.717, 1.165) is 5.39 Å². The molecule has 0 bridgehead atoms. The summed E-state index contributed by atoms with van der Waals surface area (Å²) in [6.07, 6.45) is 0.449. The van der Waals surface area contributed by atoms with Crippen LogP contribution in [0.3, 0.4) is 0 Å². The van der Waals surface area contributed by atoms with Crippen LogP contribution in [0.25, 0.3) is 10.9 Å². The first-order valence-corrected chi connectivity index (χ1v) is 10.7. The molecule has 9 nitrogen and oxygen atoms in total. The van der Waals surface area contributed by atoms with Crippen LogP contribution in [0.15, 0.2) is 47.3 Å². The fraction of sp³-hybridized carbons (Fsp3) is 0.261. The molecular formula is C23H23N3O6S. The zero-order valence-electron chi connectivity index (χ0n) is 17.9. The minimum absolute atomic E-state index is 0.0323. The van der Waals surface area contributed by atoms with Gasteiger partial charge in [0.05, 0.1) is 30.4 Å². The molecule has 3 N–H and O–H groups in total. The third-order valence-corrected chi connectivity index (χ3v) is 5.58. The van der Waals surface area contributed by atoms with Crippen LogP contribution in [0.4, 0.5) is 5.69 Å². The maximum absolute atomic E-state index is 12.8. The van der Waals surface area contributed by atoms with Crippen molar-refractivity contribution in [3.8, 4) is 11.5 Å². The number of anilines is 1. The Bertz CT molecular complexity index is 1260. The Balaban J connectivity index is 1.60. The Hall–Kier alpha value is -3.63. The second-order valence-electron chi connectivity index (χ2n) is 7.38. The lowest BCUT2D eigenvalue weighted by molar-refractivity contribution is 0.0602. The van der Waals surface area contributed by atoms with Crippen molar-refractivity contribution in [2.24, 2.45) is 0 Å². The van der Waals surface area contributed by atoms with Gasteiger partial charge in [0.1, 0.15) is 0 Å². The Kier molecular flexibility index (Phi) is 6.76. The van der Waals surface area contributed by atoms with E-state index in [2.05, 4.69) is 10.3 Å². The number of para-hydroxylation sites is 1. The van der Waals surface area contributed by atoms with E-state index in [0.29, 0.717) is 51.9 Å². The van der Waals surface area contributed by atoms with Crippen LogP contribution < -0.4 is 20.3 Å². The molecule has 4 rings (SSSR count). The topological polar surface area (TPSA) is 113 Å². The first kappa shape index (κ1) is 22.6. The SMILES string of the molecule is COC(=O)c1ccccc1NC(=S)N(CCCO)Cc1cc2cc3c(cc2[nH]c1=O)OCO3. The van der Waals surface area contributed by atoms with Crippen molar-refractivity contribution >= 4 is 39.9 Å². The van der Waals surface area contributed by atoms with Crippen molar-refractivity contribution in [2.75, 3.05) is 32.4 Å². The lowest BCUT2D eigenvalue weighted by atomic mass is 10.1. The lowest BCUT2D eigenvalue weighted by Gasteiger charge is -2.26. The zero-order valence-corrected chi connectivity index (χ0v) is 18.7. The average molecular weight is 470 g/mol. The van der Waals surface area contributed by atoms with Gasteiger partial charge in [0, 0.05) is 30.2 Å². The number of esters is 1. The second-order valence-corrected chi connectivity index (χ2v) is 7.77. The van der Waals surface area contributed by atoms with Crippen molar-refractivity contribution in [1.29, 1.82) is 0 Å². The second kappa shape index (κ2) is 9.88. The van der Waals surface area contributed by atoms with Gasteiger partial charge in [-0.3, -0.25) is 4.79 Å². The predicted molar refractivity (Wildman–Crippen MR) is 127 cm³/mol. The highest BCUT2D eigenvalue weighted by Gasteiger charge is 2.19. The molecule has 3 aromatic rings. The Morgan fingerprint density at radius 3 is 2.76 bits per heavy atom. The number of aliphatic hydroxyl groups excluding tert-OH is 1. The number of thiocarbonyl (C=S) groups is 1. The summed E-state index contributed by atoms with van der Waals surface area (Å²) in [6.45, 7) is 0.716. The minimum Gasteiger partial charge on any atom is -0.465 e. The summed E-state index contributed by atoms with van der Waals surface area (Å²) in [4.78, 5) is 29.5. The molecule has 10 heteroatoms. The highest BCUT2D eigenvalue weighted by atomic mass is 32.1. The quantitative estimate of drug-likeness (QED) is 0.355. The highest BCUT2D eigenvalue weighted by molar-refractivity contribution is 7.80. The largest absolute Gasteiger partial charge is 0.465 e. The molecule has 0 unspecified atom stereocenters. The number of ether oxygens (including phenoxy) is 3. The highest BCUT2D eigenvalue weighted by Crippen LogP contribution is 2.35. The summed E-state index contributed by atoms with van der Waals surface area (Å²) < 4.78 is 15.6. The van der Waals surface area contributed by atoms with Crippen LogP contribution in [-0.4, -0.2) is 53.1 Å². The van der Waals surface area contributed by atoms with Gasteiger partial charge in [0.2, 0.25) is 6.79 Å². The van der Waals surface area contributed by atoms with Gasteiger partial charge in [-0.25, -0.2) is 4.79 Å². The summed E-state index contributed by atoms with van der Waals surface area (Å²) in [5.74, 6) is 0.715. The molecule has 2 heterocycles. The fourth-order valence-electron chi connectivity index (χ4n) is 3.55. The number of benzene rings is 2. The van der Waals surface area contributed by atoms with Gasteiger partial charge in [-0.15, -0.1) is 0 Å². The van der Waals surface area contributed by atoms with E-state index < -0.39 is 5.97 Å². The summed E-state index contributed by atoms with van der Waals surface area (Å²) >= 11 is 5.59. The molecule has 0 radical (unpaired) electrons. The number of methoxy groups -OCH3 is 1. The van der Waals surface area contributed by atoms with E-state index >= 15 is 0 Å². The number of hydrogen-bond acceptors (Lipinski definition) is 7. The summed E-state index contributed by atoms with van der Waals surface area (Å²) in [5, 5.41) is 13.5. The van der Waals surface area contributed by atoms with Crippen LogP contribution in [-0.2, 0) is 11.3 Å². The van der Waals surface area contributed by atoms with E-state index in [4.69, 9.17) is 26.4 Å². The van der Waals surface area contributed by atoms with Crippen molar-refractivity contribution in [3.63, 3.8) is 0 Å². The Morgan fingerprint density at radius 2 is 2.00 bits per heavy atom. The van der Waals surface area contributed by atoms with Crippen LogP contribution in [0.2, 0.25) is 0 Å². The summed E-state index contributed by atoms with van der Waals surface area (Å²) in [6, 6.07) is 12.2. The summed E-state index contributed by atoms with van der Waals surface area (Å²) in [7, 11) is 1.31. The van der Waals surface area contributed by atoms with E-state index in [-0.39, 0.29) is 25.5 Å². The van der Waals surface area contributed by atoms with Crippen molar-refractivity contribution < 1.29 is 24.1 Å². The first-order chi connectivity index (χ1) is 16.0. The Morgan fingerprint density at radius 1 is 1.24 bits per heavy atom. The number of carbonyl (C=O) groups excluding carboxylic acids is 1. The summed E-state index contributed by atoms with van der Waals surface area (Å²) in [5.41, 5.74) is 1.70. The molecule has 0 aliphatic carbocycles. The van der Waals surface area contributed by atoms with Crippen LogP contribution in [0.1, 0.15) is 22.3 Å². The maximum atomic E-state index is 12.8. The van der Waals surface area contributed by atoms with Gasteiger partial charge in [0.25, 0.3) is 5.56 Å².